The number of rotatable bonds is 5. The van der Waals surface area contributed by atoms with E-state index in [4.69, 9.17) is 0 Å². The molecule has 0 aliphatic heterocycles. The number of carboxylic acids is 1. The minimum atomic E-state index is -0.771. The van der Waals surface area contributed by atoms with Gasteiger partial charge in [-0.05, 0) is 30.9 Å². The first-order valence-electron chi connectivity index (χ1n) is 6.89. The number of nitro groups is 1. The first kappa shape index (κ1) is 15.8. The Morgan fingerprint density at radius 3 is 2.81 bits per heavy atom. The molecule has 6 nitrogen and oxygen atoms in total. The zero-order chi connectivity index (χ0) is 15.4. The van der Waals surface area contributed by atoms with Crippen molar-refractivity contribution in [3.63, 3.8) is 0 Å². The summed E-state index contributed by atoms with van der Waals surface area (Å²) < 4.78 is 0.640. The van der Waals surface area contributed by atoms with Crippen molar-refractivity contribution in [2.45, 2.75) is 25.7 Å². The lowest BCUT2D eigenvalue weighted by Gasteiger charge is -2.28. The summed E-state index contributed by atoms with van der Waals surface area (Å²) in [4.78, 5) is 21.9. The molecule has 1 aliphatic rings. The molecule has 2 N–H and O–H groups in total. The van der Waals surface area contributed by atoms with Crippen molar-refractivity contribution in [1.82, 2.24) is 0 Å². The van der Waals surface area contributed by atoms with Crippen LogP contribution in [0.5, 0.6) is 0 Å². The quantitative estimate of drug-likeness (QED) is 0.620. The highest BCUT2D eigenvalue weighted by Gasteiger charge is 2.30. The van der Waals surface area contributed by atoms with Gasteiger partial charge in [0.1, 0.15) is 5.69 Å². The van der Waals surface area contributed by atoms with Crippen molar-refractivity contribution >= 4 is 33.3 Å². The van der Waals surface area contributed by atoms with Gasteiger partial charge in [-0.15, -0.1) is 0 Å². The van der Waals surface area contributed by atoms with Gasteiger partial charge in [0.05, 0.1) is 10.8 Å². The zero-order valence-corrected chi connectivity index (χ0v) is 13.0. The Morgan fingerprint density at radius 1 is 1.43 bits per heavy atom. The minimum Gasteiger partial charge on any atom is -0.481 e. The van der Waals surface area contributed by atoms with E-state index < -0.39 is 10.9 Å². The molecule has 2 atom stereocenters. The minimum absolute atomic E-state index is 0.00735. The van der Waals surface area contributed by atoms with Crippen LogP contribution in [0.25, 0.3) is 0 Å². The number of nitrogens with zero attached hydrogens (tertiary/aromatic N) is 1. The Balaban J connectivity index is 2.08. The predicted molar refractivity (Wildman–Crippen MR) is 82.4 cm³/mol. The first-order valence-corrected chi connectivity index (χ1v) is 7.69. The van der Waals surface area contributed by atoms with Gasteiger partial charge in [0, 0.05) is 17.1 Å². The number of halogens is 1. The third-order valence-electron chi connectivity index (χ3n) is 3.94. The van der Waals surface area contributed by atoms with Crippen LogP contribution in [0.4, 0.5) is 11.4 Å². The molecule has 0 aromatic heterocycles. The van der Waals surface area contributed by atoms with Crippen LogP contribution in [0.3, 0.4) is 0 Å². The SMILES string of the molecule is O=C(O)C1CCCCC1CNc1ccc(Br)cc1[N+](=O)[O-]. The molecule has 7 heteroatoms. The highest BCUT2D eigenvalue weighted by atomic mass is 79.9. The molecular weight excluding hydrogens is 340 g/mol. The Bertz CT molecular complexity index is 550. The Labute approximate surface area is 130 Å². The van der Waals surface area contributed by atoms with E-state index in [1.54, 1.807) is 12.1 Å². The van der Waals surface area contributed by atoms with Crippen molar-refractivity contribution < 1.29 is 14.8 Å². The molecule has 0 saturated heterocycles. The fraction of sp³-hybridized carbons (Fsp3) is 0.500. The molecule has 1 aliphatic carbocycles. The monoisotopic (exact) mass is 356 g/mol. The smallest absolute Gasteiger partial charge is 0.306 e. The van der Waals surface area contributed by atoms with Crippen molar-refractivity contribution in [1.29, 1.82) is 0 Å². The van der Waals surface area contributed by atoms with E-state index in [0.717, 1.165) is 19.3 Å². The second-order valence-electron chi connectivity index (χ2n) is 5.29. The number of carbonyl (C=O) groups is 1. The summed E-state index contributed by atoms with van der Waals surface area (Å²) in [7, 11) is 0. The summed E-state index contributed by atoms with van der Waals surface area (Å²) in [5, 5.41) is 23.3. The molecule has 21 heavy (non-hydrogen) atoms. The van der Waals surface area contributed by atoms with E-state index in [-0.39, 0.29) is 17.5 Å². The molecule has 1 saturated carbocycles. The molecule has 0 bridgehead atoms. The number of hydrogen-bond acceptors (Lipinski definition) is 4. The maximum Gasteiger partial charge on any atom is 0.306 e. The van der Waals surface area contributed by atoms with E-state index in [9.17, 15) is 20.0 Å². The molecule has 1 aromatic carbocycles. The van der Waals surface area contributed by atoms with Gasteiger partial charge in [-0.3, -0.25) is 14.9 Å². The number of aliphatic carboxylic acids is 1. The van der Waals surface area contributed by atoms with Crippen molar-refractivity contribution in [3.05, 3.63) is 32.8 Å². The molecule has 2 unspecified atom stereocenters. The summed E-state index contributed by atoms with van der Waals surface area (Å²) in [6.45, 7) is 0.444. The van der Waals surface area contributed by atoms with Crippen molar-refractivity contribution in [3.8, 4) is 0 Å². The topological polar surface area (TPSA) is 92.5 Å². The van der Waals surface area contributed by atoms with Crippen LogP contribution in [-0.4, -0.2) is 22.5 Å². The lowest BCUT2D eigenvalue weighted by molar-refractivity contribution is -0.384. The molecule has 1 aromatic rings. The van der Waals surface area contributed by atoms with Gasteiger partial charge in [0.15, 0.2) is 0 Å². The van der Waals surface area contributed by atoms with Gasteiger partial charge in [0.25, 0.3) is 5.69 Å². The summed E-state index contributed by atoms with van der Waals surface area (Å²) >= 11 is 3.21. The lowest BCUT2D eigenvalue weighted by Crippen LogP contribution is -2.31. The van der Waals surface area contributed by atoms with Crippen LogP contribution < -0.4 is 5.32 Å². The van der Waals surface area contributed by atoms with Gasteiger partial charge in [0.2, 0.25) is 0 Å². The Morgan fingerprint density at radius 2 is 2.14 bits per heavy atom. The van der Waals surface area contributed by atoms with Crippen LogP contribution in [0.1, 0.15) is 25.7 Å². The third kappa shape index (κ3) is 3.93. The number of carboxylic acid groups (broad SMARTS) is 1. The normalized spacial score (nSPS) is 21.8. The van der Waals surface area contributed by atoms with Gasteiger partial charge >= 0.3 is 5.97 Å². The van der Waals surface area contributed by atoms with Crippen molar-refractivity contribution in [2.24, 2.45) is 11.8 Å². The second kappa shape index (κ2) is 6.89. The number of benzene rings is 1. The summed E-state index contributed by atoms with van der Waals surface area (Å²) in [6.07, 6.45) is 3.48. The second-order valence-corrected chi connectivity index (χ2v) is 6.20. The molecule has 2 rings (SSSR count). The molecule has 0 amide bonds. The number of hydrogen-bond donors (Lipinski definition) is 2. The van der Waals surface area contributed by atoms with E-state index in [1.807, 2.05) is 0 Å². The first-order chi connectivity index (χ1) is 9.99. The molecular formula is C14H17BrN2O4. The Hall–Kier alpha value is -1.63. The number of anilines is 1. The van der Waals surface area contributed by atoms with E-state index in [2.05, 4.69) is 21.2 Å². The van der Waals surface area contributed by atoms with Crippen LogP contribution in [0.15, 0.2) is 22.7 Å². The standard InChI is InChI=1S/C14H17BrN2O4/c15-10-5-6-12(13(7-10)17(20)21)16-8-9-3-1-2-4-11(9)14(18)19/h5-7,9,11,16H,1-4,8H2,(H,18,19). The largest absolute Gasteiger partial charge is 0.481 e. The third-order valence-corrected chi connectivity index (χ3v) is 4.43. The highest BCUT2D eigenvalue weighted by Crippen LogP contribution is 2.32. The molecule has 0 spiro atoms. The van der Waals surface area contributed by atoms with Crippen LogP contribution >= 0.6 is 15.9 Å². The summed E-state index contributed by atoms with van der Waals surface area (Å²) in [5.41, 5.74) is 0.421. The maximum atomic E-state index is 11.3. The van der Waals surface area contributed by atoms with Crippen LogP contribution in [0, 0.1) is 22.0 Å². The van der Waals surface area contributed by atoms with Gasteiger partial charge < -0.3 is 10.4 Å². The lowest BCUT2D eigenvalue weighted by atomic mass is 9.79. The number of nitro benzene ring substituents is 1. The van der Waals surface area contributed by atoms with Gasteiger partial charge in [-0.25, -0.2) is 0 Å². The van der Waals surface area contributed by atoms with E-state index in [0.29, 0.717) is 23.1 Å². The molecule has 1 fully saturated rings. The van der Waals surface area contributed by atoms with E-state index in [1.165, 1.54) is 6.07 Å². The number of nitrogens with one attached hydrogen (secondary N) is 1. The predicted octanol–water partition coefficient (Wildman–Crippen LogP) is 3.66. The average Bonchev–Trinajstić information content (AvgIpc) is 2.46. The Kier molecular flexibility index (Phi) is 5.17. The van der Waals surface area contributed by atoms with Gasteiger partial charge in [-0.1, -0.05) is 28.8 Å². The van der Waals surface area contributed by atoms with E-state index >= 15 is 0 Å². The zero-order valence-electron chi connectivity index (χ0n) is 11.4. The fourth-order valence-electron chi connectivity index (χ4n) is 2.82. The maximum absolute atomic E-state index is 11.3. The summed E-state index contributed by atoms with van der Waals surface area (Å²) in [6, 6.07) is 4.81. The fourth-order valence-corrected chi connectivity index (χ4v) is 3.17. The molecule has 0 heterocycles. The van der Waals surface area contributed by atoms with Crippen LogP contribution in [0.2, 0.25) is 0 Å². The average molecular weight is 357 g/mol. The molecule has 0 radical (unpaired) electrons. The molecule has 114 valence electrons. The highest BCUT2D eigenvalue weighted by molar-refractivity contribution is 9.10. The summed E-state index contributed by atoms with van der Waals surface area (Å²) in [5.74, 6) is -1.12. The van der Waals surface area contributed by atoms with Crippen molar-refractivity contribution in [2.75, 3.05) is 11.9 Å². The van der Waals surface area contributed by atoms with Gasteiger partial charge in [-0.2, -0.15) is 0 Å². The van der Waals surface area contributed by atoms with Crippen LogP contribution in [-0.2, 0) is 4.79 Å².